The number of pyridine rings is 1. The van der Waals surface area contributed by atoms with Crippen LogP contribution in [0, 0.1) is 0 Å². The van der Waals surface area contributed by atoms with Crippen molar-refractivity contribution >= 4 is 16.7 Å². The number of aliphatic hydroxyl groups is 1. The lowest BCUT2D eigenvalue weighted by Gasteiger charge is -2.38. The van der Waals surface area contributed by atoms with Gasteiger partial charge in [-0.05, 0) is 57.5 Å². The highest BCUT2D eigenvalue weighted by Gasteiger charge is 2.21. The Morgan fingerprint density at radius 1 is 0.972 bits per heavy atom. The van der Waals surface area contributed by atoms with E-state index in [-0.39, 0.29) is 0 Å². The highest BCUT2D eigenvalue weighted by atomic mass is 16.5. The Hall–Kier alpha value is -3.42. The third-order valence-corrected chi connectivity index (χ3v) is 7.17. The largest absolute Gasteiger partial charge is 0.496 e. The summed E-state index contributed by atoms with van der Waals surface area (Å²) in [6.45, 7) is 12.2. The van der Waals surface area contributed by atoms with Crippen LogP contribution >= 0.6 is 0 Å². The molecule has 1 saturated heterocycles. The summed E-state index contributed by atoms with van der Waals surface area (Å²) in [5, 5.41) is 18.9. The molecule has 7 nitrogen and oxygen atoms in total. The maximum absolute atomic E-state index is 10.2. The highest BCUT2D eigenvalue weighted by molar-refractivity contribution is 5.94. The molecule has 1 fully saturated rings. The number of rotatable bonds is 6. The van der Waals surface area contributed by atoms with Crippen molar-refractivity contribution in [2.24, 2.45) is 0 Å². The van der Waals surface area contributed by atoms with E-state index in [0.29, 0.717) is 11.7 Å². The van der Waals surface area contributed by atoms with E-state index in [1.807, 2.05) is 30.3 Å². The molecule has 0 aliphatic carbocycles. The Morgan fingerprint density at radius 3 is 2.33 bits per heavy atom. The molecule has 3 heterocycles. The first kappa shape index (κ1) is 24.3. The number of methoxy groups -OCH3 is 1. The third kappa shape index (κ3) is 4.68. The van der Waals surface area contributed by atoms with Crippen LogP contribution in [0.1, 0.15) is 33.3 Å². The Balaban J connectivity index is 1.41. The Kier molecular flexibility index (Phi) is 6.45. The predicted molar refractivity (Wildman–Crippen MR) is 145 cm³/mol. The minimum Gasteiger partial charge on any atom is -0.496 e. The SMILES string of the molecule is COc1cc(N2CCN(C(C)C)CC2)ccc1-c1[nH]nc2nc(-c3ccc(C(C)(C)O)cc3)ccc12. The van der Waals surface area contributed by atoms with E-state index in [4.69, 9.17) is 9.72 Å². The fourth-order valence-electron chi connectivity index (χ4n) is 4.89. The molecule has 0 amide bonds. The summed E-state index contributed by atoms with van der Waals surface area (Å²) in [5.74, 6) is 0.815. The molecule has 36 heavy (non-hydrogen) atoms. The van der Waals surface area contributed by atoms with Gasteiger partial charge in [0.25, 0.3) is 0 Å². The number of nitrogens with zero attached hydrogens (tertiary/aromatic N) is 4. The maximum Gasteiger partial charge on any atom is 0.182 e. The van der Waals surface area contributed by atoms with Crippen LogP contribution in [0.3, 0.4) is 0 Å². The zero-order chi connectivity index (χ0) is 25.4. The fourth-order valence-corrected chi connectivity index (χ4v) is 4.89. The van der Waals surface area contributed by atoms with E-state index in [1.54, 1.807) is 21.0 Å². The second kappa shape index (κ2) is 9.56. The van der Waals surface area contributed by atoms with Crippen molar-refractivity contribution in [2.45, 2.75) is 39.3 Å². The van der Waals surface area contributed by atoms with Crippen molar-refractivity contribution in [2.75, 3.05) is 38.2 Å². The van der Waals surface area contributed by atoms with Crippen LogP contribution in [-0.2, 0) is 5.60 Å². The van der Waals surface area contributed by atoms with Crippen molar-refractivity contribution < 1.29 is 9.84 Å². The average Bonchev–Trinajstić information content (AvgIpc) is 3.31. The molecule has 2 aromatic carbocycles. The second-order valence-electron chi connectivity index (χ2n) is 10.3. The number of aromatic nitrogens is 3. The van der Waals surface area contributed by atoms with Crippen LogP contribution in [-0.4, -0.2) is 64.5 Å². The van der Waals surface area contributed by atoms with E-state index in [2.05, 4.69) is 58.1 Å². The zero-order valence-electron chi connectivity index (χ0n) is 21.7. The number of nitrogens with one attached hydrogen (secondary N) is 1. The van der Waals surface area contributed by atoms with E-state index in [1.165, 1.54) is 5.69 Å². The quantitative estimate of drug-likeness (QED) is 0.398. The smallest absolute Gasteiger partial charge is 0.182 e. The number of benzene rings is 2. The number of hydrogen-bond acceptors (Lipinski definition) is 6. The molecule has 4 aromatic rings. The normalized spacial score (nSPS) is 15.1. The van der Waals surface area contributed by atoms with Crippen LogP contribution in [0.25, 0.3) is 33.5 Å². The van der Waals surface area contributed by atoms with Crippen molar-refractivity contribution in [1.82, 2.24) is 20.1 Å². The first-order chi connectivity index (χ1) is 17.2. The lowest BCUT2D eigenvalue weighted by Crippen LogP contribution is -2.48. The highest BCUT2D eigenvalue weighted by Crippen LogP contribution is 2.37. The molecule has 2 aromatic heterocycles. The number of anilines is 1. The van der Waals surface area contributed by atoms with Crippen LogP contribution in [0.5, 0.6) is 5.75 Å². The van der Waals surface area contributed by atoms with Gasteiger partial charge in [0.15, 0.2) is 5.65 Å². The van der Waals surface area contributed by atoms with Gasteiger partial charge in [0, 0.05) is 60.5 Å². The van der Waals surface area contributed by atoms with Gasteiger partial charge in [0.1, 0.15) is 5.75 Å². The number of H-pyrrole nitrogens is 1. The van der Waals surface area contributed by atoms with Gasteiger partial charge in [-0.2, -0.15) is 5.10 Å². The van der Waals surface area contributed by atoms with E-state index in [0.717, 1.165) is 65.4 Å². The van der Waals surface area contributed by atoms with Crippen molar-refractivity contribution in [3.8, 4) is 28.3 Å². The fraction of sp³-hybridized carbons (Fsp3) is 0.379. The molecule has 0 spiro atoms. The molecule has 0 unspecified atom stereocenters. The maximum atomic E-state index is 10.2. The molecule has 5 rings (SSSR count). The number of aromatic amines is 1. The van der Waals surface area contributed by atoms with Gasteiger partial charge < -0.3 is 14.7 Å². The van der Waals surface area contributed by atoms with Crippen LogP contribution in [0.15, 0.2) is 54.6 Å². The van der Waals surface area contributed by atoms with Crippen LogP contribution in [0.4, 0.5) is 5.69 Å². The van der Waals surface area contributed by atoms with Crippen LogP contribution < -0.4 is 9.64 Å². The summed E-state index contributed by atoms with van der Waals surface area (Å²) in [7, 11) is 1.71. The molecule has 2 N–H and O–H groups in total. The van der Waals surface area contributed by atoms with Gasteiger partial charge in [0.2, 0.25) is 0 Å². The monoisotopic (exact) mass is 485 g/mol. The number of fused-ring (bicyclic) bond motifs is 1. The van der Waals surface area contributed by atoms with Gasteiger partial charge in [-0.3, -0.25) is 10.00 Å². The number of ether oxygens (including phenoxy) is 1. The number of hydrogen-bond donors (Lipinski definition) is 2. The topological polar surface area (TPSA) is 77.5 Å². The van der Waals surface area contributed by atoms with Gasteiger partial charge >= 0.3 is 0 Å². The first-order valence-corrected chi connectivity index (χ1v) is 12.6. The Labute approximate surface area is 212 Å². The molecule has 7 heteroatoms. The lowest BCUT2D eigenvalue weighted by atomic mass is 9.96. The second-order valence-corrected chi connectivity index (χ2v) is 10.3. The summed E-state index contributed by atoms with van der Waals surface area (Å²) < 4.78 is 5.81. The van der Waals surface area contributed by atoms with Gasteiger partial charge in [-0.25, -0.2) is 4.98 Å². The Morgan fingerprint density at radius 2 is 1.69 bits per heavy atom. The molecule has 1 aliphatic heterocycles. The summed E-state index contributed by atoms with van der Waals surface area (Å²) in [4.78, 5) is 9.73. The summed E-state index contributed by atoms with van der Waals surface area (Å²) in [5.41, 5.74) is 5.52. The third-order valence-electron chi connectivity index (χ3n) is 7.17. The van der Waals surface area contributed by atoms with Gasteiger partial charge in [0.05, 0.1) is 24.1 Å². The van der Waals surface area contributed by atoms with Crippen molar-refractivity contribution in [3.63, 3.8) is 0 Å². The lowest BCUT2D eigenvalue weighted by molar-refractivity contribution is 0.0786. The van der Waals surface area contributed by atoms with E-state index in [9.17, 15) is 5.11 Å². The average molecular weight is 486 g/mol. The molecule has 188 valence electrons. The van der Waals surface area contributed by atoms with Gasteiger partial charge in [-0.1, -0.05) is 24.3 Å². The van der Waals surface area contributed by atoms with Crippen molar-refractivity contribution in [3.05, 3.63) is 60.2 Å². The molecule has 0 saturated carbocycles. The first-order valence-electron chi connectivity index (χ1n) is 12.6. The predicted octanol–water partition coefficient (Wildman–Crippen LogP) is 5.06. The molecule has 0 bridgehead atoms. The summed E-state index contributed by atoms with van der Waals surface area (Å²) >= 11 is 0. The van der Waals surface area contributed by atoms with Gasteiger partial charge in [-0.15, -0.1) is 0 Å². The minimum absolute atomic E-state index is 0.582. The molecular formula is C29H35N5O2. The standard InChI is InChI=1S/C29H35N5O2/c1-19(2)33-14-16-34(17-15-33)22-10-11-23(26(18-22)36-5)27-24-12-13-25(30-28(24)32-31-27)20-6-8-21(9-7-20)29(3,4)35/h6-13,18-19,35H,14-17H2,1-5H3,(H,30,31,32). The Bertz CT molecular complexity index is 1350. The van der Waals surface area contributed by atoms with Crippen molar-refractivity contribution in [1.29, 1.82) is 0 Å². The molecule has 0 atom stereocenters. The zero-order valence-corrected chi connectivity index (χ0v) is 21.7. The molecule has 0 radical (unpaired) electrons. The molecule has 1 aliphatic rings. The molecular weight excluding hydrogens is 450 g/mol. The summed E-state index contributed by atoms with van der Waals surface area (Å²) in [6, 6.07) is 18.9. The summed E-state index contributed by atoms with van der Waals surface area (Å²) in [6.07, 6.45) is 0. The van der Waals surface area contributed by atoms with E-state index >= 15 is 0 Å². The van der Waals surface area contributed by atoms with Crippen LogP contribution in [0.2, 0.25) is 0 Å². The minimum atomic E-state index is -0.871. The van der Waals surface area contributed by atoms with E-state index < -0.39 is 5.60 Å². The number of piperazine rings is 1.